The molecule has 46 valence electrons. The molecule has 1 N–H and O–H groups in total. The smallest absolute Gasteiger partial charge is 0.0149 e. The second-order valence-corrected chi connectivity index (χ2v) is 1.56. The molecule has 0 aliphatic heterocycles. The summed E-state index contributed by atoms with van der Waals surface area (Å²) in [7, 11) is 0. The Labute approximate surface area is 55.0 Å². The molecule has 0 aliphatic carbocycles. The first-order valence-electron chi connectivity index (χ1n) is 2.48. The first kappa shape index (κ1) is 7.73. The summed E-state index contributed by atoms with van der Waals surface area (Å²) < 4.78 is 0. The van der Waals surface area contributed by atoms with Crippen LogP contribution in [0.1, 0.15) is 0 Å². The van der Waals surface area contributed by atoms with Crippen molar-refractivity contribution in [3.05, 3.63) is 24.3 Å². The third kappa shape index (κ3) is 5.73. The van der Waals surface area contributed by atoms with Crippen LogP contribution >= 0.6 is 11.6 Å². The predicted octanol–water partition coefficient (Wildman–Crippen LogP) is 1.51. The van der Waals surface area contributed by atoms with Crippen LogP contribution in [0.2, 0.25) is 0 Å². The van der Waals surface area contributed by atoms with E-state index in [0.717, 1.165) is 13.1 Å². The van der Waals surface area contributed by atoms with Crippen molar-refractivity contribution in [3.63, 3.8) is 0 Å². The summed E-state index contributed by atoms with van der Waals surface area (Å²) in [4.78, 5) is 0. The topological polar surface area (TPSA) is 12.0 Å². The molecule has 0 fully saturated rings. The van der Waals surface area contributed by atoms with Crippen LogP contribution in [0.5, 0.6) is 0 Å². The van der Waals surface area contributed by atoms with E-state index in [9.17, 15) is 0 Å². The van der Waals surface area contributed by atoms with Crippen molar-refractivity contribution in [2.75, 3.05) is 13.1 Å². The molecule has 0 atom stereocenters. The van der Waals surface area contributed by atoms with Crippen LogP contribution in [0.15, 0.2) is 24.3 Å². The number of halogens is 1. The zero-order valence-corrected chi connectivity index (χ0v) is 5.49. The number of hydrogen-bond donors (Lipinski definition) is 1. The van der Waals surface area contributed by atoms with Crippen molar-refractivity contribution in [1.82, 2.24) is 5.32 Å². The fourth-order valence-electron chi connectivity index (χ4n) is 0.313. The van der Waals surface area contributed by atoms with E-state index in [1.54, 1.807) is 0 Å². The molecule has 0 heterocycles. The first-order chi connectivity index (χ1) is 3.91. The Kier molecular flexibility index (Phi) is 6.50. The van der Waals surface area contributed by atoms with E-state index in [2.05, 4.69) is 11.9 Å². The van der Waals surface area contributed by atoms with Gasteiger partial charge in [0.05, 0.1) is 0 Å². The van der Waals surface area contributed by atoms with Crippen molar-refractivity contribution in [2.24, 2.45) is 0 Å². The standard InChI is InChI=1S/C6H10ClN/c1-2-5-8-6-3-4-7/h2-4,8H,1,5-6H2/b4-3+. The normalized spacial score (nSPS) is 10.1. The SMILES string of the molecule is C=CCNC/C=C/Cl. The highest BCUT2D eigenvalue weighted by Gasteiger charge is 1.71. The second kappa shape index (κ2) is 6.73. The molecular formula is C6H10ClN. The van der Waals surface area contributed by atoms with E-state index in [0.29, 0.717) is 0 Å². The van der Waals surface area contributed by atoms with E-state index in [1.807, 2.05) is 12.2 Å². The number of nitrogens with one attached hydrogen (secondary N) is 1. The molecule has 0 saturated heterocycles. The maximum absolute atomic E-state index is 5.23. The Hall–Kier alpha value is -0.270. The molecule has 0 unspecified atom stereocenters. The molecular weight excluding hydrogens is 122 g/mol. The van der Waals surface area contributed by atoms with Crippen LogP contribution in [0.3, 0.4) is 0 Å². The zero-order chi connectivity index (χ0) is 6.24. The summed E-state index contributed by atoms with van der Waals surface area (Å²) >= 11 is 5.23. The fourth-order valence-corrected chi connectivity index (χ4v) is 0.402. The maximum atomic E-state index is 5.23. The number of rotatable bonds is 4. The Morgan fingerprint density at radius 1 is 1.50 bits per heavy atom. The van der Waals surface area contributed by atoms with Gasteiger partial charge in [-0.1, -0.05) is 23.8 Å². The van der Waals surface area contributed by atoms with E-state index in [4.69, 9.17) is 11.6 Å². The van der Waals surface area contributed by atoms with Gasteiger partial charge in [-0.2, -0.15) is 0 Å². The van der Waals surface area contributed by atoms with Gasteiger partial charge in [-0.3, -0.25) is 0 Å². The van der Waals surface area contributed by atoms with Crippen molar-refractivity contribution in [2.45, 2.75) is 0 Å². The molecule has 0 saturated carbocycles. The van der Waals surface area contributed by atoms with Gasteiger partial charge in [0.25, 0.3) is 0 Å². The predicted molar refractivity (Wildman–Crippen MR) is 38.1 cm³/mol. The molecule has 2 heteroatoms. The molecule has 0 aromatic rings. The Bertz CT molecular complexity index is 78.6. The molecule has 1 nitrogen and oxygen atoms in total. The minimum atomic E-state index is 0.815. The Morgan fingerprint density at radius 3 is 2.75 bits per heavy atom. The summed E-state index contributed by atoms with van der Waals surface area (Å²) in [6.45, 7) is 5.19. The first-order valence-corrected chi connectivity index (χ1v) is 2.92. The second-order valence-electron chi connectivity index (χ2n) is 1.31. The van der Waals surface area contributed by atoms with Crippen LogP contribution in [0.4, 0.5) is 0 Å². The molecule has 0 bridgehead atoms. The molecule has 8 heavy (non-hydrogen) atoms. The van der Waals surface area contributed by atoms with Crippen molar-refractivity contribution in [3.8, 4) is 0 Å². The summed E-state index contributed by atoms with van der Waals surface area (Å²) in [6.07, 6.45) is 3.65. The minimum Gasteiger partial charge on any atom is -0.310 e. The molecule has 0 aliphatic rings. The largest absolute Gasteiger partial charge is 0.310 e. The van der Waals surface area contributed by atoms with Gasteiger partial charge < -0.3 is 5.32 Å². The van der Waals surface area contributed by atoms with Gasteiger partial charge in [0, 0.05) is 18.6 Å². The molecule has 0 rings (SSSR count). The van der Waals surface area contributed by atoms with Crippen LogP contribution in [0, 0.1) is 0 Å². The highest BCUT2D eigenvalue weighted by Crippen LogP contribution is 1.74. The average Bonchev–Trinajstić information content (AvgIpc) is 1.81. The van der Waals surface area contributed by atoms with Gasteiger partial charge >= 0.3 is 0 Å². The van der Waals surface area contributed by atoms with Gasteiger partial charge in [-0.25, -0.2) is 0 Å². The monoisotopic (exact) mass is 131 g/mol. The summed E-state index contributed by atoms with van der Waals surface area (Å²) in [6, 6.07) is 0. The summed E-state index contributed by atoms with van der Waals surface area (Å²) in [5.74, 6) is 0. The van der Waals surface area contributed by atoms with Crippen LogP contribution < -0.4 is 5.32 Å². The summed E-state index contributed by atoms with van der Waals surface area (Å²) in [5.41, 5.74) is 1.50. The lowest BCUT2D eigenvalue weighted by Gasteiger charge is -1.90. The molecule has 0 aromatic carbocycles. The van der Waals surface area contributed by atoms with Gasteiger partial charge in [-0.05, 0) is 0 Å². The quantitative estimate of drug-likeness (QED) is 0.451. The van der Waals surface area contributed by atoms with Gasteiger partial charge in [-0.15, -0.1) is 6.58 Å². The van der Waals surface area contributed by atoms with Gasteiger partial charge in [0.15, 0.2) is 0 Å². The van der Waals surface area contributed by atoms with E-state index in [-0.39, 0.29) is 0 Å². The van der Waals surface area contributed by atoms with Gasteiger partial charge in [0.2, 0.25) is 0 Å². The van der Waals surface area contributed by atoms with Gasteiger partial charge in [0.1, 0.15) is 0 Å². The fraction of sp³-hybridized carbons (Fsp3) is 0.333. The molecule has 0 radical (unpaired) electrons. The minimum absolute atomic E-state index is 0.815. The van der Waals surface area contributed by atoms with Crippen LogP contribution in [0.25, 0.3) is 0 Å². The van der Waals surface area contributed by atoms with Crippen molar-refractivity contribution < 1.29 is 0 Å². The third-order valence-electron chi connectivity index (χ3n) is 0.640. The third-order valence-corrected chi connectivity index (χ3v) is 0.818. The molecule has 0 aromatic heterocycles. The van der Waals surface area contributed by atoms with Crippen LogP contribution in [-0.4, -0.2) is 13.1 Å². The van der Waals surface area contributed by atoms with E-state index in [1.165, 1.54) is 5.54 Å². The Morgan fingerprint density at radius 2 is 2.25 bits per heavy atom. The van der Waals surface area contributed by atoms with Crippen LogP contribution in [-0.2, 0) is 0 Å². The zero-order valence-electron chi connectivity index (χ0n) is 4.73. The lowest BCUT2D eigenvalue weighted by atomic mass is 10.5. The number of hydrogen-bond acceptors (Lipinski definition) is 1. The maximum Gasteiger partial charge on any atom is 0.0149 e. The highest BCUT2D eigenvalue weighted by atomic mass is 35.5. The van der Waals surface area contributed by atoms with E-state index >= 15 is 0 Å². The molecule has 0 spiro atoms. The molecule has 0 amide bonds. The van der Waals surface area contributed by atoms with E-state index < -0.39 is 0 Å². The average molecular weight is 132 g/mol. The Balaban J connectivity index is 2.82. The summed E-state index contributed by atoms with van der Waals surface area (Å²) in [5, 5.41) is 3.05. The highest BCUT2D eigenvalue weighted by molar-refractivity contribution is 6.25. The van der Waals surface area contributed by atoms with Crippen molar-refractivity contribution in [1.29, 1.82) is 0 Å². The lowest BCUT2D eigenvalue weighted by molar-refractivity contribution is 0.845. The van der Waals surface area contributed by atoms with Crippen molar-refractivity contribution >= 4 is 11.6 Å². The lowest BCUT2D eigenvalue weighted by Crippen LogP contribution is -2.12.